The van der Waals surface area contributed by atoms with Crippen molar-refractivity contribution in [3.05, 3.63) is 36.2 Å². The zero-order valence-electron chi connectivity index (χ0n) is 8.93. The number of nitrogens with one attached hydrogen (secondary N) is 1. The van der Waals surface area contributed by atoms with Crippen molar-refractivity contribution < 1.29 is 9.53 Å². The third-order valence-corrected chi connectivity index (χ3v) is 2.14. The fourth-order valence-electron chi connectivity index (χ4n) is 1.44. The maximum absolute atomic E-state index is 10.5. The lowest BCUT2D eigenvalue weighted by molar-refractivity contribution is 0.111. The van der Waals surface area contributed by atoms with Gasteiger partial charge in [-0.1, -0.05) is 12.1 Å². The van der Waals surface area contributed by atoms with Crippen molar-refractivity contribution in [2.45, 2.75) is 6.92 Å². The molecule has 0 saturated carbocycles. The minimum atomic E-state index is 0.469. The van der Waals surface area contributed by atoms with Gasteiger partial charge in [-0.2, -0.15) is 0 Å². The van der Waals surface area contributed by atoms with Crippen LogP contribution in [0.5, 0.6) is 5.75 Å². The summed E-state index contributed by atoms with van der Waals surface area (Å²) in [6.07, 6.45) is 2.25. The van der Waals surface area contributed by atoms with Gasteiger partial charge in [0.15, 0.2) is 6.29 Å². The zero-order chi connectivity index (χ0) is 11.4. The van der Waals surface area contributed by atoms with E-state index in [2.05, 4.69) is 9.97 Å². The molecule has 82 valence electrons. The van der Waals surface area contributed by atoms with Gasteiger partial charge in [0.2, 0.25) is 0 Å². The molecule has 16 heavy (non-hydrogen) atoms. The number of benzene rings is 1. The first-order valence-corrected chi connectivity index (χ1v) is 5.07. The van der Waals surface area contributed by atoms with Gasteiger partial charge in [-0.25, -0.2) is 4.98 Å². The fourth-order valence-corrected chi connectivity index (χ4v) is 1.44. The zero-order valence-corrected chi connectivity index (χ0v) is 8.93. The average Bonchev–Trinajstić information content (AvgIpc) is 2.78. The van der Waals surface area contributed by atoms with E-state index in [1.807, 2.05) is 31.2 Å². The Morgan fingerprint density at radius 2 is 2.38 bits per heavy atom. The number of imidazole rings is 1. The lowest BCUT2D eigenvalue weighted by Gasteiger charge is -2.03. The second kappa shape index (κ2) is 4.61. The van der Waals surface area contributed by atoms with Gasteiger partial charge in [0.25, 0.3) is 0 Å². The van der Waals surface area contributed by atoms with Gasteiger partial charge in [-0.15, -0.1) is 0 Å². The normalized spacial score (nSPS) is 10.1. The molecule has 0 unspecified atom stereocenters. The van der Waals surface area contributed by atoms with E-state index in [1.165, 1.54) is 6.20 Å². The van der Waals surface area contributed by atoms with Crippen LogP contribution < -0.4 is 4.74 Å². The summed E-state index contributed by atoms with van der Waals surface area (Å²) in [4.78, 5) is 17.6. The molecule has 2 rings (SSSR count). The Labute approximate surface area is 93.3 Å². The third-order valence-electron chi connectivity index (χ3n) is 2.14. The predicted octanol–water partition coefficient (Wildman–Crippen LogP) is 2.29. The van der Waals surface area contributed by atoms with E-state index in [4.69, 9.17) is 4.74 Å². The van der Waals surface area contributed by atoms with Crippen LogP contribution in [0.2, 0.25) is 0 Å². The quantitative estimate of drug-likeness (QED) is 0.798. The molecule has 0 saturated heterocycles. The van der Waals surface area contributed by atoms with Crippen molar-refractivity contribution >= 4 is 6.29 Å². The molecule has 1 aromatic heterocycles. The van der Waals surface area contributed by atoms with E-state index in [1.54, 1.807) is 0 Å². The lowest BCUT2D eigenvalue weighted by Crippen LogP contribution is -1.91. The number of aldehydes is 1. The summed E-state index contributed by atoms with van der Waals surface area (Å²) in [5.74, 6) is 1.47. The Morgan fingerprint density at radius 3 is 3.06 bits per heavy atom. The molecule has 2 aromatic rings. The lowest BCUT2D eigenvalue weighted by atomic mass is 10.2. The topological polar surface area (TPSA) is 55.0 Å². The highest BCUT2D eigenvalue weighted by atomic mass is 16.5. The van der Waals surface area contributed by atoms with Gasteiger partial charge >= 0.3 is 0 Å². The predicted molar refractivity (Wildman–Crippen MR) is 60.6 cm³/mol. The highest BCUT2D eigenvalue weighted by Gasteiger charge is 2.03. The standard InChI is InChI=1S/C12H12N2O2/c1-2-16-11-5-3-4-9(6-11)12-13-7-10(8-15)14-12/h3-8H,2H2,1H3,(H,13,14). The summed E-state index contributed by atoms with van der Waals surface area (Å²) in [5, 5.41) is 0. The van der Waals surface area contributed by atoms with Crippen LogP contribution in [0.15, 0.2) is 30.5 Å². The van der Waals surface area contributed by atoms with Crippen LogP contribution >= 0.6 is 0 Å². The van der Waals surface area contributed by atoms with Crippen molar-refractivity contribution in [1.29, 1.82) is 0 Å². The molecule has 0 atom stereocenters. The molecule has 0 amide bonds. The number of hydrogen-bond acceptors (Lipinski definition) is 3. The van der Waals surface area contributed by atoms with Gasteiger partial charge in [-0.05, 0) is 19.1 Å². The van der Waals surface area contributed by atoms with E-state index in [0.717, 1.165) is 17.6 Å². The Kier molecular flexibility index (Phi) is 3.00. The summed E-state index contributed by atoms with van der Waals surface area (Å²) < 4.78 is 5.39. The number of carbonyl (C=O) groups is 1. The first-order chi connectivity index (χ1) is 7.83. The van der Waals surface area contributed by atoms with E-state index < -0.39 is 0 Å². The molecule has 0 aliphatic heterocycles. The summed E-state index contributed by atoms with van der Waals surface area (Å²) in [6, 6.07) is 7.58. The van der Waals surface area contributed by atoms with Crippen molar-refractivity contribution in [2.24, 2.45) is 0 Å². The maximum atomic E-state index is 10.5. The number of H-pyrrole nitrogens is 1. The Hall–Kier alpha value is -2.10. The van der Waals surface area contributed by atoms with Crippen molar-refractivity contribution in [3.63, 3.8) is 0 Å². The first kappa shape index (κ1) is 10.4. The van der Waals surface area contributed by atoms with Gasteiger partial charge in [-0.3, -0.25) is 4.79 Å². The molecule has 0 aliphatic rings. The second-order valence-corrected chi connectivity index (χ2v) is 3.27. The third kappa shape index (κ3) is 2.11. The molecule has 4 heteroatoms. The molecular formula is C12H12N2O2. The van der Waals surface area contributed by atoms with Gasteiger partial charge in [0, 0.05) is 5.56 Å². The first-order valence-electron chi connectivity index (χ1n) is 5.07. The minimum Gasteiger partial charge on any atom is -0.494 e. The largest absolute Gasteiger partial charge is 0.494 e. The number of hydrogen-bond donors (Lipinski definition) is 1. The molecular weight excluding hydrogens is 204 g/mol. The van der Waals surface area contributed by atoms with Crippen LogP contribution in [0, 0.1) is 0 Å². The van der Waals surface area contributed by atoms with Crippen molar-refractivity contribution in [2.75, 3.05) is 6.61 Å². The van der Waals surface area contributed by atoms with Crippen LogP contribution in [0.3, 0.4) is 0 Å². The Bertz CT molecular complexity index is 491. The highest BCUT2D eigenvalue weighted by molar-refractivity contribution is 5.73. The monoisotopic (exact) mass is 216 g/mol. The molecule has 0 bridgehead atoms. The molecule has 1 heterocycles. The Balaban J connectivity index is 2.32. The fraction of sp³-hybridized carbons (Fsp3) is 0.167. The molecule has 1 aromatic carbocycles. The number of nitrogens with zero attached hydrogens (tertiary/aromatic N) is 1. The second-order valence-electron chi connectivity index (χ2n) is 3.27. The minimum absolute atomic E-state index is 0.469. The van der Waals surface area contributed by atoms with Crippen LogP contribution in [-0.2, 0) is 0 Å². The van der Waals surface area contributed by atoms with Crippen LogP contribution in [0.4, 0.5) is 0 Å². The maximum Gasteiger partial charge on any atom is 0.167 e. The van der Waals surface area contributed by atoms with Crippen molar-refractivity contribution in [3.8, 4) is 17.1 Å². The molecule has 0 spiro atoms. The van der Waals surface area contributed by atoms with Crippen LogP contribution in [0.1, 0.15) is 17.4 Å². The van der Waals surface area contributed by atoms with Gasteiger partial charge in [0.05, 0.1) is 18.5 Å². The Morgan fingerprint density at radius 1 is 1.50 bits per heavy atom. The highest BCUT2D eigenvalue weighted by Crippen LogP contribution is 2.21. The summed E-state index contributed by atoms with van der Waals surface area (Å²) in [5.41, 5.74) is 1.37. The number of carbonyl (C=O) groups excluding carboxylic acids is 1. The molecule has 1 N–H and O–H groups in total. The van der Waals surface area contributed by atoms with Gasteiger partial charge < -0.3 is 9.72 Å². The average molecular weight is 216 g/mol. The number of rotatable bonds is 4. The van der Waals surface area contributed by atoms with Crippen LogP contribution in [0.25, 0.3) is 11.4 Å². The number of aromatic nitrogens is 2. The molecule has 0 aliphatic carbocycles. The van der Waals surface area contributed by atoms with E-state index >= 15 is 0 Å². The molecule has 0 fully saturated rings. The van der Waals surface area contributed by atoms with Gasteiger partial charge in [0.1, 0.15) is 11.6 Å². The number of aromatic amines is 1. The SMILES string of the molecule is CCOc1cccc(-c2ncc(C=O)[nH]2)c1. The number of ether oxygens (including phenoxy) is 1. The van der Waals surface area contributed by atoms with Crippen LogP contribution in [-0.4, -0.2) is 22.9 Å². The van der Waals surface area contributed by atoms with E-state index in [0.29, 0.717) is 18.1 Å². The summed E-state index contributed by atoms with van der Waals surface area (Å²) in [6.45, 7) is 2.56. The van der Waals surface area contributed by atoms with E-state index in [9.17, 15) is 4.79 Å². The molecule has 0 radical (unpaired) electrons. The smallest absolute Gasteiger partial charge is 0.167 e. The van der Waals surface area contributed by atoms with E-state index in [-0.39, 0.29) is 0 Å². The molecule has 4 nitrogen and oxygen atoms in total. The summed E-state index contributed by atoms with van der Waals surface area (Å²) in [7, 11) is 0. The van der Waals surface area contributed by atoms with Crippen molar-refractivity contribution in [1.82, 2.24) is 9.97 Å². The summed E-state index contributed by atoms with van der Waals surface area (Å²) >= 11 is 0.